The first-order chi connectivity index (χ1) is 12.5. The van der Waals surface area contributed by atoms with Crippen LogP contribution >= 0.6 is 0 Å². The van der Waals surface area contributed by atoms with Crippen LogP contribution in [0.5, 0.6) is 0 Å². The molecular weight excluding hydrogens is 322 g/mol. The Morgan fingerprint density at radius 1 is 1.31 bits per heavy atom. The van der Waals surface area contributed by atoms with Crippen molar-refractivity contribution in [2.24, 2.45) is 5.92 Å². The summed E-state index contributed by atoms with van der Waals surface area (Å²) in [5.74, 6) is 0.776. The predicted octanol–water partition coefficient (Wildman–Crippen LogP) is 4.15. The minimum absolute atomic E-state index is 0.0991. The molecule has 0 fully saturated rings. The van der Waals surface area contributed by atoms with Crippen molar-refractivity contribution < 1.29 is 0 Å². The summed E-state index contributed by atoms with van der Waals surface area (Å²) in [5, 5.41) is 7.57. The van der Waals surface area contributed by atoms with Crippen molar-refractivity contribution in [3.63, 3.8) is 0 Å². The van der Waals surface area contributed by atoms with Crippen molar-refractivity contribution in [1.82, 2.24) is 24.6 Å². The van der Waals surface area contributed by atoms with Gasteiger partial charge in [-0.05, 0) is 31.6 Å². The van der Waals surface area contributed by atoms with Gasteiger partial charge in [0.05, 0.1) is 12.5 Å². The monoisotopic (exact) mass is 355 g/mol. The number of allylic oxidation sites excluding steroid dienone is 2. The maximum absolute atomic E-state index is 4.33. The highest BCUT2D eigenvalue weighted by Crippen LogP contribution is 2.26. The molecule has 1 aliphatic carbocycles. The van der Waals surface area contributed by atoms with Crippen LogP contribution in [0.3, 0.4) is 0 Å². The molecule has 1 atom stereocenters. The van der Waals surface area contributed by atoms with Gasteiger partial charge in [-0.1, -0.05) is 32.9 Å². The van der Waals surface area contributed by atoms with Gasteiger partial charge in [0, 0.05) is 55.2 Å². The van der Waals surface area contributed by atoms with Crippen molar-refractivity contribution in [2.75, 3.05) is 13.1 Å². The number of H-pyrrole nitrogens is 1. The van der Waals surface area contributed by atoms with Crippen LogP contribution in [-0.2, 0) is 18.5 Å². The molecule has 1 N–H and O–H groups in total. The molecule has 142 valence electrons. The van der Waals surface area contributed by atoms with E-state index >= 15 is 0 Å². The van der Waals surface area contributed by atoms with E-state index in [0.717, 1.165) is 32.0 Å². The standard InChI is InChI=1S/C21H33N5/c1-21(2,3)20-19(14-23-24-20)16-26(15-18-8-5-4-6-9-18)12-7-11-25-13-10-22-17-25/h4-5,10,13-14,17-18H,6-9,11-12,15-16H2,1-3H3,(H,23,24). The molecule has 0 spiro atoms. The molecule has 0 saturated carbocycles. The van der Waals surface area contributed by atoms with Crippen molar-refractivity contribution >= 4 is 0 Å². The van der Waals surface area contributed by atoms with Gasteiger partial charge in [0.15, 0.2) is 0 Å². The first-order valence-corrected chi connectivity index (χ1v) is 9.88. The fourth-order valence-corrected chi connectivity index (χ4v) is 3.84. The summed E-state index contributed by atoms with van der Waals surface area (Å²) in [7, 11) is 0. The van der Waals surface area contributed by atoms with Crippen LogP contribution in [0.4, 0.5) is 0 Å². The van der Waals surface area contributed by atoms with Crippen molar-refractivity contribution in [1.29, 1.82) is 0 Å². The minimum atomic E-state index is 0.0991. The number of rotatable bonds is 8. The SMILES string of the molecule is CC(C)(C)c1[nH]ncc1CN(CCCn1ccnc1)CC1CC=CCC1. The lowest BCUT2D eigenvalue weighted by atomic mass is 9.89. The second kappa shape index (κ2) is 8.67. The molecular formula is C21H33N5. The Labute approximate surface area is 157 Å². The maximum atomic E-state index is 4.33. The third-order valence-electron chi connectivity index (χ3n) is 5.21. The van der Waals surface area contributed by atoms with Gasteiger partial charge in [-0.3, -0.25) is 10.00 Å². The summed E-state index contributed by atoms with van der Waals surface area (Å²) in [6.45, 7) is 11.0. The van der Waals surface area contributed by atoms with Gasteiger partial charge in [0.2, 0.25) is 0 Å². The predicted molar refractivity (Wildman–Crippen MR) is 106 cm³/mol. The number of hydrogen-bond acceptors (Lipinski definition) is 3. The Bertz CT molecular complexity index is 678. The van der Waals surface area contributed by atoms with Crippen LogP contribution in [0.25, 0.3) is 0 Å². The molecule has 5 nitrogen and oxygen atoms in total. The van der Waals surface area contributed by atoms with E-state index < -0.39 is 0 Å². The van der Waals surface area contributed by atoms with Gasteiger partial charge in [0.1, 0.15) is 0 Å². The summed E-state index contributed by atoms with van der Waals surface area (Å²) in [5.41, 5.74) is 2.70. The largest absolute Gasteiger partial charge is 0.337 e. The molecule has 26 heavy (non-hydrogen) atoms. The topological polar surface area (TPSA) is 49.7 Å². The Morgan fingerprint density at radius 3 is 2.88 bits per heavy atom. The minimum Gasteiger partial charge on any atom is -0.337 e. The number of aromatic nitrogens is 4. The van der Waals surface area contributed by atoms with Crippen LogP contribution < -0.4 is 0 Å². The van der Waals surface area contributed by atoms with Crippen LogP contribution in [-0.4, -0.2) is 37.7 Å². The van der Waals surface area contributed by atoms with Gasteiger partial charge in [-0.15, -0.1) is 0 Å². The molecule has 0 saturated heterocycles. The highest BCUT2D eigenvalue weighted by Gasteiger charge is 2.22. The van der Waals surface area contributed by atoms with Crippen molar-refractivity contribution in [3.05, 3.63) is 48.3 Å². The molecule has 2 heterocycles. The van der Waals surface area contributed by atoms with E-state index in [1.54, 1.807) is 0 Å². The quantitative estimate of drug-likeness (QED) is 0.724. The lowest BCUT2D eigenvalue weighted by Crippen LogP contribution is -2.32. The van der Waals surface area contributed by atoms with E-state index in [0.29, 0.717) is 0 Å². The number of imidazole rings is 1. The zero-order chi connectivity index (χ0) is 18.4. The second-order valence-corrected chi connectivity index (χ2v) is 8.56. The van der Waals surface area contributed by atoms with Gasteiger partial charge in [-0.25, -0.2) is 4.98 Å². The molecule has 0 amide bonds. The molecule has 1 aliphatic rings. The number of aromatic amines is 1. The fourth-order valence-electron chi connectivity index (χ4n) is 3.84. The van der Waals surface area contributed by atoms with Crippen molar-refractivity contribution in [3.8, 4) is 0 Å². The van der Waals surface area contributed by atoms with E-state index in [-0.39, 0.29) is 5.41 Å². The third kappa shape index (κ3) is 5.31. The Kier molecular flexibility index (Phi) is 6.30. The van der Waals surface area contributed by atoms with E-state index in [4.69, 9.17) is 0 Å². The van der Waals surface area contributed by atoms with Crippen LogP contribution in [0, 0.1) is 5.92 Å². The summed E-state index contributed by atoms with van der Waals surface area (Å²) < 4.78 is 2.17. The number of nitrogens with one attached hydrogen (secondary N) is 1. The molecule has 1 unspecified atom stereocenters. The van der Waals surface area contributed by atoms with Gasteiger partial charge >= 0.3 is 0 Å². The smallest absolute Gasteiger partial charge is 0.0945 e. The van der Waals surface area contributed by atoms with Crippen LogP contribution in [0.2, 0.25) is 0 Å². The molecule has 2 aromatic heterocycles. The van der Waals surface area contributed by atoms with E-state index in [2.05, 4.69) is 57.6 Å². The Morgan fingerprint density at radius 2 is 2.19 bits per heavy atom. The average Bonchev–Trinajstić information content (AvgIpc) is 3.27. The second-order valence-electron chi connectivity index (χ2n) is 8.56. The molecule has 0 aliphatic heterocycles. The summed E-state index contributed by atoms with van der Waals surface area (Å²) >= 11 is 0. The highest BCUT2D eigenvalue weighted by atomic mass is 15.2. The molecule has 0 bridgehead atoms. The summed E-state index contributed by atoms with van der Waals surface area (Å²) in [6.07, 6.45) is 17.4. The Hall–Kier alpha value is -1.88. The number of nitrogens with zero attached hydrogens (tertiary/aromatic N) is 4. The van der Waals surface area contributed by atoms with Crippen LogP contribution in [0.1, 0.15) is 57.7 Å². The van der Waals surface area contributed by atoms with Crippen LogP contribution in [0.15, 0.2) is 37.1 Å². The average molecular weight is 356 g/mol. The van der Waals surface area contributed by atoms with Gasteiger partial charge < -0.3 is 4.57 Å². The normalized spacial score (nSPS) is 17.9. The van der Waals surface area contributed by atoms with Crippen molar-refractivity contribution in [2.45, 2.75) is 65.0 Å². The molecule has 2 aromatic rings. The molecule has 0 radical (unpaired) electrons. The number of aryl methyl sites for hydroxylation is 1. The molecule has 0 aromatic carbocycles. The van der Waals surface area contributed by atoms with Gasteiger partial charge in [-0.2, -0.15) is 5.10 Å². The fraction of sp³-hybridized carbons (Fsp3) is 0.619. The first kappa shape index (κ1) is 18.9. The molecule has 5 heteroatoms. The lowest BCUT2D eigenvalue weighted by Gasteiger charge is -2.29. The zero-order valence-corrected chi connectivity index (χ0v) is 16.5. The van der Waals surface area contributed by atoms with E-state index in [1.807, 2.05) is 24.9 Å². The highest BCUT2D eigenvalue weighted by molar-refractivity contribution is 5.23. The summed E-state index contributed by atoms with van der Waals surface area (Å²) in [4.78, 5) is 6.77. The van der Waals surface area contributed by atoms with E-state index in [1.165, 1.54) is 37.1 Å². The number of hydrogen-bond donors (Lipinski definition) is 1. The molecule has 3 rings (SSSR count). The Balaban J connectivity index is 1.63. The van der Waals surface area contributed by atoms with Gasteiger partial charge in [0.25, 0.3) is 0 Å². The van der Waals surface area contributed by atoms with E-state index in [9.17, 15) is 0 Å². The first-order valence-electron chi connectivity index (χ1n) is 9.88. The summed E-state index contributed by atoms with van der Waals surface area (Å²) in [6, 6.07) is 0. The lowest BCUT2D eigenvalue weighted by molar-refractivity contribution is 0.208. The maximum Gasteiger partial charge on any atom is 0.0945 e. The third-order valence-corrected chi connectivity index (χ3v) is 5.21. The zero-order valence-electron chi connectivity index (χ0n) is 16.5.